The van der Waals surface area contributed by atoms with Crippen LogP contribution in [0, 0.1) is 0 Å². The van der Waals surface area contributed by atoms with Crippen LogP contribution in [0.5, 0.6) is 11.5 Å². The van der Waals surface area contributed by atoms with E-state index in [0.717, 1.165) is 45.8 Å². The van der Waals surface area contributed by atoms with E-state index in [4.69, 9.17) is 14.2 Å². The first-order valence-electron chi connectivity index (χ1n) is 16.1. The molecule has 1 unspecified atom stereocenters. The maximum atomic E-state index is 7.52. The molecule has 2 aliphatic heterocycles. The molecule has 46 heavy (non-hydrogen) atoms. The normalized spacial score (nSPS) is 20.2. The van der Waals surface area contributed by atoms with Crippen LogP contribution in [-0.4, -0.2) is 20.3 Å². The lowest BCUT2D eigenvalue weighted by Gasteiger charge is -2.50. The molecule has 0 saturated carbocycles. The molecule has 4 heteroatoms. The molecule has 0 amide bonds. The average molecular weight is 606 g/mol. The monoisotopic (exact) mass is 605 g/mol. The summed E-state index contributed by atoms with van der Waals surface area (Å²) in [6, 6.07) is 34.7. The van der Waals surface area contributed by atoms with Gasteiger partial charge in [0.05, 0.1) is 19.9 Å². The van der Waals surface area contributed by atoms with Crippen molar-refractivity contribution in [1.82, 2.24) is 0 Å². The van der Waals surface area contributed by atoms with Crippen molar-refractivity contribution in [1.29, 1.82) is 0 Å². The van der Waals surface area contributed by atoms with Gasteiger partial charge in [-0.15, -0.1) is 0 Å². The van der Waals surface area contributed by atoms with E-state index < -0.39 is 5.60 Å². The lowest BCUT2D eigenvalue weighted by molar-refractivity contribution is 0.162. The first-order chi connectivity index (χ1) is 22.3. The molecular weight excluding hydrogens is 566 g/mol. The highest BCUT2D eigenvalue weighted by Gasteiger charge is 2.49. The fraction of sp³-hybridized carbons (Fsp3) is 0.238. The van der Waals surface area contributed by atoms with E-state index in [0.29, 0.717) is 6.61 Å². The van der Waals surface area contributed by atoms with E-state index in [1.807, 2.05) is 6.20 Å². The number of hydrogen-bond acceptors (Lipinski definition) is 4. The van der Waals surface area contributed by atoms with Gasteiger partial charge >= 0.3 is 0 Å². The van der Waals surface area contributed by atoms with Gasteiger partial charge in [-0.25, -0.2) is 0 Å². The molecule has 0 saturated heterocycles. The molecule has 8 rings (SSSR count). The van der Waals surface area contributed by atoms with Crippen LogP contribution >= 0.6 is 0 Å². The Balaban J connectivity index is 1.41. The molecule has 0 radical (unpaired) electrons. The predicted octanol–water partition coefficient (Wildman–Crippen LogP) is 9.74. The summed E-state index contributed by atoms with van der Waals surface area (Å²) in [5.41, 5.74) is 8.57. The van der Waals surface area contributed by atoms with Crippen LogP contribution in [0.2, 0.25) is 0 Å². The van der Waals surface area contributed by atoms with E-state index >= 15 is 0 Å². The average Bonchev–Trinajstić information content (AvgIpc) is 3.11. The zero-order chi connectivity index (χ0) is 31.7. The van der Waals surface area contributed by atoms with E-state index in [9.17, 15) is 0 Å². The van der Waals surface area contributed by atoms with Crippen LogP contribution in [0.25, 0.3) is 28.0 Å². The summed E-state index contributed by atoms with van der Waals surface area (Å²) in [5.74, 6) is 1.70. The Morgan fingerprint density at radius 3 is 2.24 bits per heavy atom. The number of anilines is 1. The molecule has 0 aromatic heterocycles. The van der Waals surface area contributed by atoms with Crippen molar-refractivity contribution in [3.05, 3.63) is 143 Å². The quantitative estimate of drug-likeness (QED) is 0.204. The molecule has 0 bridgehead atoms. The molecule has 5 aromatic carbocycles. The van der Waals surface area contributed by atoms with E-state index in [-0.39, 0.29) is 10.8 Å². The van der Waals surface area contributed by atoms with Gasteiger partial charge in [0.25, 0.3) is 0 Å². The number of rotatable bonds is 4. The van der Waals surface area contributed by atoms with Crippen LogP contribution in [0.1, 0.15) is 55.5 Å². The van der Waals surface area contributed by atoms with Crippen LogP contribution in [0.3, 0.4) is 0 Å². The van der Waals surface area contributed by atoms with Crippen LogP contribution < -0.4 is 14.4 Å². The van der Waals surface area contributed by atoms with Gasteiger partial charge in [0.15, 0.2) is 5.60 Å². The zero-order valence-corrected chi connectivity index (χ0v) is 27.1. The first kappa shape index (κ1) is 28.5. The van der Waals surface area contributed by atoms with Crippen molar-refractivity contribution in [3.8, 4) is 22.6 Å². The van der Waals surface area contributed by atoms with Crippen LogP contribution in [0.4, 0.5) is 5.69 Å². The molecule has 0 fully saturated rings. The molecule has 1 atom stereocenters. The summed E-state index contributed by atoms with van der Waals surface area (Å²) in [4.78, 5) is 2.21. The highest BCUT2D eigenvalue weighted by Crippen LogP contribution is 2.60. The van der Waals surface area contributed by atoms with Gasteiger partial charge in [0.2, 0.25) is 0 Å². The highest BCUT2D eigenvalue weighted by atomic mass is 16.5. The van der Waals surface area contributed by atoms with E-state index in [1.54, 1.807) is 13.4 Å². The Morgan fingerprint density at radius 2 is 1.50 bits per heavy atom. The number of ether oxygens (including phenoxy) is 3. The predicted molar refractivity (Wildman–Crippen MR) is 188 cm³/mol. The molecule has 230 valence electrons. The minimum Gasteiger partial charge on any atom is -0.498 e. The lowest BCUT2D eigenvalue weighted by atomic mass is 9.54. The summed E-state index contributed by atoms with van der Waals surface area (Å²) < 4.78 is 18.7. The molecule has 4 nitrogen and oxygen atoms in total. The fourth-order valence-corrected chi connectivity index (χ4v) is 7.76. The lowest BCUT2D eigenvalue weighted by Crippen LogP contribution is -2.44. The molecule has 1 aliphatic carbocycles. The molecule has 0 spiro atoms. The molecular formula is C42H39NO3. The topological polar surface area (TPSA) is 30.9 Å². The van der Waals surface area contributed by atoms with Crippen LogP contribution in [-0.2, 0) is 21.2 Å². The third kappa shape index (κ3) is 3.99. The number of fused-ring (bicyclic) bond motifs is 8. The maximum absolute atomic E-state index is 7.52. The minimum absolute atomic E-state index is 0.115. The second kappa shape index (κ2) is 10.3. The number of benzene rings is 5. The molecule has 3 aliphatic rings. The maximum Gasteiger partial charge on any atom is 0.178 e. The summed E-state index contributed by atoms with van der Waals surface area (Å²) >= 11 is 0. The van der Waals surface area contributed by atoms with Gasteiger partial charge in [0, 0.05) is 39.4 Å². The second-order valence-corrected chi connectivity index (χ2v) is 13.6. The number of hydrogen-bond donors (Lipinski definition) is 0. The SMILES string of the molecule is COc1ccc2c3c(c4c(c2c1)OC(c1ccccc1)(c1ccc(N2C=COCC2)cc1)C=C4)C(C)(C)C(C)(C)c1ccccc1-3. The standard InChI is InChI=1S/C42H39NO3/c1-40(2)36-14-10-9-13-33(36)37-32-20-19-31(44-5)27-35(32)39-34(38(37)41(40,3)4)21-22-42(46-39,28-11-7-6-8-12-28)29-15-17-30(18-16-29)43-23-25-45-26-24-43/h6-23,25,27H,24,26H2,1-5H3. The summed E-state index contributed by atoms with van der Waals surface area (Å²) in [7, 11) is 1.73. The first-order valence-corrected chi connectivity index (χ1v) is 16.1. The van der Waals surface area contributed by atoms with Crippen molar-refractivity contribution < 1.29 is 14.2 Å². The van der Waals surface area contributed by atoms with Gasteiger partial charge in [-0.05, 0) is 69.5 Å². The van der Waals surface area contributed by atoms with Gasteiger partial charge in [-0.1, -0.05) is 101 Å². The molecule has 5 aromatic rings. The minimum atomic E-state index is -0.829. The van der Waals surface area contributed by atoms with Crippen molar-refractivity contribution in [2.24, 2.45) is 0 Å². The summed E-state index contributed by atoms with van der Waals surface area (Å²) in [6.45, 7) is 11.0. The van der Waals surface area contributed by atoms with E-state index in [1.165, 1.54) is 27.6 Å². The number of nitrogens with zero attached hydrogens (tertiary/aromatic N) is 1. The Kier molecular flexibility index (Phi) is 6.37. The van der Waals surface area contributed by atoms with E-state index in [2.05, 4.69) is 142 Å². The third-order valence-corrected chi connectivity index (χ3v) is 10.9. The Bertz CT molecular complexity index is 2040. The Morgan fingerprint density at radius 1 is 0.761 bits per heavy atom. The smallest absolute Gasteiger partial charge is 0.178 e. The van der Waals surface area contributed by atoms with Gasteiger partial charge < -0.3 is 19.1 Å². The summed E-state index contributed by atoms with van der Waals surface area (Å²) in [6.07, 6.45) is 8.34. The van der Waals surface area contributed by atoms with Crippen molar-refractivity contribution in [3.63, 3.8) is 0 Å². The van der Waals surface area contributed by atoms with Crippen molar-refractivity contribution >= 4 is 22.5 Å². The molecule has 2 heterocycles. The fourth-order valence-electron chi connectivity index (χ4n) is 7.76. The largest absolute Gasteiger partial charge is 0.498 e. The highest BCUT2D eigenvalue weighted by molar-refractivity contribution is 6.07. The zero-order valence-electron chi connectivity index (χ0n) is 27.1. The number of methoxy groups -OCH3 is 1. The second-order valence-electron chi connectivity index (χ2n) is 13.6. The van der Waals surface area contributed by atoms with Gasteiger partial charge in [-0.3, -0.25) is 0 Å². The van der Waals surface area contributed by atoms with Crippen molar-refractivity contribution in [2.45, 2.75) is 44.1 Å². The van der Waals surface area contributed by atoms with Crippen molar-refractivity contribution in [2.75, 3.05) is 25.2 Å². The Labute approximate surface area is 271 Å². The van der Waals surface area contributed by atoms with Gasteiger partial charge in [-0.2, -0.15) is 0 Å². The van der Waals surface area contributed by atoms with Gasteiger partial charge in [0.1, 0.15) is 18.1 Å². The Hall–Kier alpha value is -4.96. The molecule has 0 N–H and O–H groups in total. The third-order valence-electron chi connectivity index (χ3n) is 10.9. The summed E-state index contributed by atoms with van der Waals surface area (Å²) in [5, 5.41) is 2.23. The van der Waals surface area contributed by atoms with Crippen LogP contribution in [0.15, 0.2) is 116 Å².